The third-order valence-electron chi connectivity index (χ3n) is 2.81. The number of hydrogen-bond donors (Lipinski definition) is 1. The molecule has 3 rings (SSSR count). The second-order valence-electron chi connectivity index (χ2n) is 4.22. The summed E-state index contributed by atoms with van der Waals surface area (Å²) in [6.45, 7) is 3.94. The molecule has 2 heterocycles. The Hall–Kier alpha value is -1.81. The van der Waals surface area contributed by atoms with Crippen molar-refractivity contribution in [1.82, 2.24) is 0 Å². The molecule has 1 aromatic carbocycles. The van der Waals surface area contributed by atoms with E-state index in [0.29, 0.717) is 0 Å². The molecular weight excluding hydrogens is 232 g/mol. The van der Waals surface area contributed by atoms with Gasteiger partial charge in [0.05, 0.1) is 12.7 Å². The molecule has 0 amide bonds. The predicted molar refractivity (Wildman–Crippen MR) is 67.6 cm³/mol. The smallest absolute Gasteiger partial charge is 0.300 e. The van der Waals surface area contributed by atoms with E-state index in [1.165, 1.54) is 10.9 Å². The number of furan rings is 1. The largest absolute Gasteiger partial charge is 0.481 e. The molecule has 0 aliphatic carbocycles. The van der Waals surface area contributed by atoms with Gasteiger partial charge in [-0.2, -0.15) is 0 Å². The van der Waals surface area contributed by atoms with Gasteiger partial charge in [-0.05, 0) is 13.0 Å². The van der Waals surface area contributed by atoms with Crippen LogP contribution in [0.25, 0.3) is 11.0 Å². The van der Waals surface area contributed by atoms with E-state index in [2.05, 4.69) is 13.0 Å². The molecule has 1 atom stereocenters. The van der Waals surface area contributed by atoms with Crippen LogP contribution in [0.5, 0.6) is 0 Å². The lowest BCUT2D eigenvalue weighted by molar-refractivity contribution is -0.134. The molecule has 1 unspecified atom stereocenters. The number of carboxylic acid groups (broad SMARTS) is 1. The van der Waals surface area contributed by atoms with Gasteiger partial charge in [0.2, 0.25) is 0 Å². The Balaban J connectivity index is 0.000000267. The van der Waals surface area contributed by atoms with Gasteiger partial charge >= 0.3 is 0 Å². The molecule has 18 heavy (non-hydrogen) atoms. The number of aliphatic carboxylic acids is 1. The molecular formula is C14H16O4. The average Bonchev–Trinajstić information content (AvgIpc) is 2.67. The minimum absolute atomic E-state index is 0.169. The van der Waals surface area contributed by atoms with Crippen LogP contribution >= 0.6 is 0 Å². The summed E-state index contributed by atoms with van der Waals surface area (Å²) in [7, 11) is 0. The molecule has 0 spiro atoms. The lowest BCUT2D eigenvalue weighted by Crippen LogP contribution is -2.11. The average molecular weight is 248 g/mol. The molecule has 1 aliphatic heterocycles. The van der Waals surface area contributed by atoms with Gasteiger partial charge in [0.1, 0.15) is 11.3 Å². The molecule has 96 valence electrons. The molecule has 1 N–H and O–H groups in total. The van der Waals surface area contributed by atoms with Crippen molar-refractivity contribution >= 4 is 16.9 Å². The fraction of sp³-hybridized carbons (Fsp3) is 0.357. The van der Waals surface area contributed by atoms with Crippen LogP contribution in [0.15, 0.2) is 28.7 Å². The predicted octanol–water partition coefficient (Wildman–Crippen LogP) is 3.16. The van der Waals surface area contributed by atoms with Crippen molar-refractivity contribution in [3.63, 3.8) is 0 Å². The molecule has 0 fully saturated rings. The van der Waals surface area contributed by atoms with E-state index in [9.17, 15) is 0 Å². The number of hydrogen-bond acceptors (Lipinski definition) is 3. The van der Waals surface area contributed by atoms with Crippen molar-refractivity contribution in [2.24, 2.45) is 0 Å². The van der Waals surface area contributed by atoms with Gasteiger partial charge in [-0.3, -0.25) is 4.79 Å². The van der Waals surface area contributed by atoms with Crippen LogP contribution in [0.4, 0.5) is 0 Å². The Kier molecular flexibility index (Phi) is 3.67. The van der Waals surface area contributed by atoms with Crippen LogP contribution in [-0.4, -0.2) is 17.7 Å². The maximum absolute atomic E-state index is 9.00. The minimum Gasteiger partial charge on any atom is -0.481 e. The van der Waals surface area contributed by atoms with E-state index in [4.69, 9.17) is 19.1 Å². The van der Waals surface area contributed by atoms with E-state index in [1.807, 2.05) is 18.2 Å². The van der Waals surface area contributed by atoms with Crippen molar-refractivity contribution in [2.45, 2.75) is 26.4 Å². The molecule has 4 nitrogen and oxygen atoms in total. The topological polar surface area (TPSA) is 59.7 Å². The number of rotatable bonds is 0. The van der Waals surface area contributed by atoms with Crippen molar-refractivity contribution in [1.29, 1.82) is 0 Å². The molecule has 0 saturated heterocycles. The number of carboxylic acids is 1. The van der Waals surface area contributed by atoms with E-state index >= 15 is 0 Å². The second-order valence-corrected chi connectivity index (χ2v) is 4.22. The van der Waals surface area contributed by atoms with E-state index in [0.717, 1.165) is 31.3 Å². The molecule has 1 aromatic heterocycles. The Morgan fingerprint density at radius 2 is 2.06 bits per heavy atom. The highest BCUT2D eigenvalue weighted by atomic mass is 16.5. The number of carbonyl (C=O) groups is 1. The van der Waals surface area contributed by atoms with Gasteiger partial charge in [-0.25, -0.2) is 0 Å². The molecule has 1 aliphatic rings. The maximum Gasteiger partial charge on any atom is 0.300 e. The second kappa shape index (κ2) is 5.23. The Morgan fingerprint density at radius 1 is 1.39 bits per heavy atom. The highest BCUT2D eigenvalue weighted by molar-refractivity contribution is 5.82. The molecule has 0 saturated carbocycles. The summed E-state index contributed by atoms with van der Waals surface area (Å²) in [5.74, 6) is 0.268. The van der Waals surface area contributed by atoms with Crippen LogP contribution < -0.4 is 0 Å². The number of benzene rings is 1. The first-order valence-corrected chi connectivity index (χ1v) is 5.91. The number of para-hydroxylation sites is 1. The summed E-state index contributed by atoms with van der Waals surface area (Å²) in [4.78, 5) is 9.00. The van der Waals surface area contributed by atoms with Gasteiger partial charge in [0.25, 0.3) is 5.97 Å². The highest BCUT2D eigenvalue weighted by Gasteiger charge is 2.23. The Bertz CT molecular complexity index is 552. The Labute approximate surface area is 105 Å². The summed E-state index contributed by atoms with van der Waals surface area (Å²) >= 11 is 0. The summed E-state index contributed by atoms with van der Waals surface area (Å²) in [5.41, 5.74) is 2.22. The molecule has 2 aromatic rings. The van der Waals surface area contributed by atoms with Gasteiger partial charge in [-0.15, -0.1) is 0 Å². The number of fused-ring (bicyclic) bond motifs is 3. The highest BCUT2D eigenvalue weighted by Crippen LogP contribution is 2.35. The van der Waals surface area contributed by atoms with Crippen molar-refractivity contribution in [3.8, 4) is 0 Å². The SMILES string of the molecule is CC(=O)O.CC1OCCc2oc3ccccc3c21. The summed E-state index contributed by atoms with van der Waals surface area (Å²) in [6.07, 6.45) is 1.07. The van der Waals surface area contributed by atoms with E-state index in [1.54, 1.807) is 0 Å². The third-order valence-corrected chi connectivity index (χ3v) is 2.81. The van der Waals surface area contributed by atoms with Crippen LogP contribution in [0, 0.1) is 0 Å². The van der Waals surface area contributed by atoms with Crippen LogP contribution in [0.1, 0.15) is 31.3 Å². The van der Waals surface area contributed by atoms with Gasteiger partial charge in [-0.1, -0.05) is 18.2 Å². The van der Waals surface area contributed by atoms with Gasteiger partial charge < -0.3 is 14.3 Å². The quantitative estimate of drug-likeness (QED) is 0.778. The fourth-order valence-electron chi connectivity index (χ4n) is 2.16. The number of ether oxygens (including phenoxy) is 1. The van der Waals surface area contributed by atoms with Gasteiger partial charge in [0.15, 0.2) is 0 Å². The van der Waals surface area contributed by atoms with Crippen LogP contribution in [0.2, 0.25) is 0 Å². The zero-order valence-corrected chi connectivity index (χ0v) is 10.5. The van der Waals surface area contributed by atoms with Gasteiger partial charge in [0, 0.05) is 24.3 Å². The van der Waals surface area contributed by atoms with Crippen molar-refractivity contribution < 1.29 is 19.1 Å². The zero-order valence-electron chi connectivity index (χ0n) is 10.5. The summed E-state index contributed by atoms with van der Waals surface area (Å²) < 4.78 is 11.4. The molecule has 0 bridgehead atoms. The lowest BCUT2D eigenvalue weighted by Gasteiger charge is -2.18. The summed E-state index contributed by atoms with van der Waals surface area (Å²) in [5, 5.41) is 8.62. The monoisotopic (exact) mass is 248 g/mol. The lowest BCUT2D eigenvalue weighted by atomic mass is 10.0. The maximum atomic E-state index is 9.00. The normalized spacial score (nSPS) is 17.8. The zero-order chi connectivity index (χ0) is 13.1. The minimum atomic E-state index is -0.833. The standard InChI is InChI=1S/C12H12O2.C2H4O2/c1-8-12-9-4-2-3-5-10(9)14-11(12)6-7-13-8;1-2(3)4/h2-5,8H,6-7H2,1H3;1H3,(H,3,4). The van der Waals surface area contributed by atoms with E-state index in [-0.39, 0.29) is 6.10 Å². The van der Waals surface area contributed by atoms with E-state index < -0.39 is 5.97 Å². The molecule has 0 radical (unpaired) electrons. The fourth-order valence-corrected chi connectivity index (χ4v) is 2.16. The van der Waals surface area contributed by atoms with Crippen LogP contribution in [0.3, 0.4) is 0 Å². The Morgan fingerprint density at radius 3 is 2.78 bits per heavy atom. The first-order valence-electron chi connectivity index (χ1n) is 5.91. The third kappa shape index (κ3) is 2.54. The first-order chi connectivity index (χ1) is 8.59. The van der Waals surface area contributed by atoms with Crippen molar-refractivity contribution in [3.05, 3.63) is 35.6 Å². The first kappa shape index (κ1) is 12.6. The van der Waals surface area contributed by atoms with Crippen LogP contribution in [-0.2, 0) is 16.0 Å². The van der Waals surface area contributed by atoms with Crippen molar-refractivity contribution in [2.75, 3.05) is 6.61 Å². The summed E-state index contributed by atoms with van der Waals surface area (Å²) in [6, 6.07) is 8.16. The molecule has 4 heteroatoms.